The fourth-order valence-electron chi connectivity index (χ4n) is 4.20. The van der Waals surface area contributed by atoms with Crippen LogP contribution in [0.2, 0.25) is 5.02 Å². The van der Waals surface area contributed by atoms with E-state index in [1.807, 2.05) is 48.5 Å². The second-order valence-corrected chi connectivity index (χ2v) is 10.9. The molecule has 42 heavy (non-hydrogen) atoms. The molecular formula is C31H25ClFN5O3S. The summed E-state index contributed by atoms with van der Waals surface area (Å²) in [5, 5.41) is 1.01. The van der Waals surface area contributed by atoms with Crippen LogP contribution in [0.25, 0.3) is 22.3 Å². The van der Waals surface area contributed by atoms with Gasteiger partial charge in [0, 0.05) is 48.5 Å². The van der Waals surface area contributed by atoms with Gasteiger partial charge in [0.1, 0.15) is 12.4 Å². The maximum atomic E-state index is 13.4. The van der Waals surface area contributed by atoms with Gasteiger partial charge in [-0.05, 0) is 46.5 Å². The van der Waals surface area contributed by atoms with Crippen molar-refractivity contribution >= 4 is 29.3 Å². The summed E-state index contributed by atoms with van der Waals surface area (Å²) in [5.74, 6) is -0.127. The van der Waals surface area contributed by atoms with E-state index in [9.17, 15) is 18.8 Å². The summed E-state index contributed by atoms with van der Waals surface area (Å²) in [6.45, 7) is 0.296. The van der Waals surface area contributed by atoms with Crippen molar-refractivity contribution in [3.05, 3.63) is 134 Å². The molecule has 0 bridgehead atoms. The summed E-state index contributed by atoms with van der Waals surface area (Å²) >= 11 is 7.26. The molecule has 0 radical (unpaired) electrons. The third-order valence-electron chi connectivity index (χ3n) is 6.51. The Kier molecular flexibility index (Phi) is 8.94. The van der Waals surface area contributed by atoms with E-state index in [0.717, 1.165) is 22.3 Å². The zero-order valence-electron chi connectivity index (χ0n) is 22.5. The molecule has 212 valence electrons. The molecule has 0 unspecified atom stereocenters. The van der Waals surface area contributed by atoms with Gasteiger partial charge in [-0.2, -0.15) is 4.98 Å². The molecule has 8 nitrogen and oxygen atoms in total. The number of amides is 1. The minimum atomic E-state index is -0.545. The van der Waals surface area contributed by atoms with Crippen LogP contribution in [-0.2, 0) is 23.6 Å². The molecule has 0 saturated carbocycles. The molecule has 3 aromatic carbocycles. The maximum Gasteiger partial charge on any atom is 0.344 e. The summed E-state index contributed by atoms with van der Waals surface area (Å²) in [4.78, 5) is 49.7. The molecule has 1 N–H and O–H groups in total. The van der Waals surface area contributed by atoms with Crippen molar-refractivity contribution in [1.29, 1.82) is 0 Å². The van der Waals surface area contributed by atoms with E-state index in [-0.39, 0.29) is 23.8 Å². The normalized spacial score (nSPS) is 10.9. The summed E-state index contributed by atoms with van der Waals surface area (Å²) in [7, 11) is 1.71. The van der Waals surface area contributed by atoms with Crippen molar-refractivity contribution in [3.8, 4) is 22.3 Å². The lowest BCUT2D eigenvalue weighted by molar-refractivity contribution is -0.131. The largest absolute Gasteiger partial charge is 0.344 e. The molecule has 0 saturated heterocycles. The quantitative estimate of drug-likeness (QED) is 0.179. The first-order valence-corrected chi connectivity index (χ1v) is 14.2. The van der Waals surface area contributed by atoms with Crippen LogP contribution in [0.4, 0.5) is 4.39 Å². The second kappa shape index (κ2) is 13.0. The zero-order chi connectivity index (χ0) is 29.6. The van der Waals surface area contributed by atoms with Crippen LogP contribution in [0.15, 0.2) is 106 Å². The molecule has 2 aromatic heterocycles. The smallest absolute Gasteiger partial charge is 0.340 e. The Morgan fingerprint density at radius 3 is 2.24 bits per heavy atom. The number of H-pyrrole nitrogens is 1. The monoisotopic (exact) mass is 601 g/mol. The first kappa shape index (κ1) is 29.0. The number of benzene rings is 3. The summed E-state index contributed by atoms with van der Waals surface area (Å²) in [5.41, 5.74) is 3.36. The van der Waals surface area contributed by atoms with Crippen molar-refractivity contribution in [2.75, 3.05) is 7.05 Å². The van der Waals surface area contributed by atoms with Gasteiger partial charge in [0.15, 0.2) is 5.16 Å². The Labute approximate surface area is 249 Å². The third kappa shape index (κ3) is 7.20. The number of nitrogens with one attached hydrogen (secondary N) is 1. The number of hydrogen-bond acceptors (Lipinski definition) is 6. The average Bonchev–Trinajstić information content (AvgIpc) is 2.99. The lowest BCUT2D eigenvalue weighted by Gasteiger charge is -2.20. The van der Waals surface area contributed by atoms with E-state index in [1.165, 1.54) is 36.3 Å². The minimum absolute atomic E-state index is 0.0812. The number of likely N-dealkylation sites (N-methyl/N-ethyl adjacent to an activating group) is 1. The fraction of sp³-hybridized carbons (Fsp3) is 0.129. The number of thioether (sulfide) groups is 1. The molecule has 0 spiro atoms. The molecule has 0 atom stereocenters. The average molecular weight is 602 g/mol. The highest BCUT2D eigenvalue weighted by Crippen LogP contribution is 2.24. The number of carbonyl (C=O) groups is 1. The highest BCUT2D eigenvalue weighted by molar-refractivity contribution is 7.98. The van der Waals surface area contributed by atoms with Crippen LogP contribution in [0.1, 0.15) is 11.1 Å². The molecular weight excluding hydrogens is 577 g/mol. The predicted octanol–water partition coefficient (Wildman–Crippen LogP) is 5.40. The van der Waals surface area contributed by atoms with Gasteiger partial charge in [0.25, 0.3) is 5.56 Å². The van der Waals surface area contributed by atoms with Gasteiger partial charge < -0.3 is 14.5 Å². The highest BCUT2D eigenvalue weighted by atomic mass is 35.5. The van der Waals surface area contributed by atoms with Crippen LogP contribution in [0, 0.1) is 5.82 Å². The van der Waals surface area contributed by atoms with Crippen LogP contribution in [0.3, 0.4) is 0 Å². The number of halogens is 2. The molecule has 0 aliphatic carbocycles. The van der Waals surface area contributed by atoms with Crippen molar-refractivity contribution in [3.63, 3.8) is 0 Å². The van der Waals surface area contributed by atoms with E-state index >= 15 is 0 Å². The Balaban J connectivity index is 1.35. The number of aromatic nitrogens is 4. The lowest BCUT2D eigenvalue weighted by atomic mass is 10.0. The van der Waals surface area contributed by atoms with Crippen molar-refractivity contribution in [2.24, 2.45) is 0 Å². The van der Waals surface area contributed by atoms with Gasteiger partial charge in [-0.1, -0.05) is 71.9 Å². The fourth-order valence-corrected chi connectivity index (χ4v) is 5.24. The molecule has 5 aromatic rings. The van der Waals surface area contributed by atoms with Gasteiger partial charge >= 0.3 is 5.69 Å². The molecule has 0 aliphatic heterocycles. The Bertz CT molecular complexity index is 1800. The van der Waals surface area contributed by atoms with Crippen molar-refractivity contribution in [2.45, 2.75) is 24.0 Å². The first-order chi connectivity index (χ1) is 20.2. The first-order valence-electron chi connectivity index (χ1n) is 12.9. The molecule has 0 fully saturated rings. The summed E-state index contributed by atoms with van der Waals surface area (Å²) < 4.78 is 15.0. The predicted molar refractivity (Wildman–Crippen MR) is 162 cm³/mol. The Morgan fingerprint density at radius 1 is 0.952 bits per heavy atom. The molecule has 0 aliphatic rings. The second-order valence-electron chi connectivity index (χ2n) is 9.55. The third-order valence-corrected chi connectivity index (χ3v) is 7.82. The van der Waals surface area contributed by atoms with Gasteiger partial charge in [-0.15, -0.1) is 0 Å². The highest BCUT2D eigenvalue weighted by Gasteiger charge is 2.17. The Morgan fingerprint density at radius 2 is 1.60 bits per heavy atom. The zero-order valence-corrected chi connectivity index (χ0v) is 24.0. The topological polar surface area (TPSA) is 101 Å². The maximum absolute atomic E-state index is 13.4. The Hall–Kier alpha value is -4.54. The van der Waals surface area contributed by atoms with E-state index in [4.69, 9.17) is 11.6 Å². The lowest BCUT2D eigenvalue weighted by Crippen LogP contribution is -2.31. The van der Waals surface area contributed by atoms with Crippen molar-refractivity contribution in [1.82, 2.24) is 24.4 Å². The number of rotatable bonds is 9. The number of carbonyl (C=O) groups excluding carboxylic acids is 1. The molecule has 1 amide bonds. The van der Waals surface area contributed by atoms with Crippen LogP contribution in [-0.4, -0.2) is 37.4 Å². The molecule has 5 rings (SSSR count). The number of nitrogens with zero attached hydrogens (tertiary/aromatic N) is 4. The van der Waals surface area contributed by atoms with Crippen LogP contribution in [0.5, 0.6) is 0 Å². The summed E-state index contributed by atoms with van der Waals surface area (Å²) in [6.07, 6.45) is 4.21. The van der Waals surface area contributed by atoms with E-state index in [0.29, 0.717) is 28.0 Å². The molecule has 11 heteroatoms. The number of hydrogen-bond donors (Lipinski definition) is 1. The SMILES string of the molecule is CN(Cc1ccc(-c2ccc(Cl)cc2)cc1)C(=O)Cn1cc(-c2cnc(=O)[nH]c2)c(=O)nc1SCc1ccc(F)cc1. The molecule has 2 heterocycles. The van der Waals surface area contributed by atoms with Crippen molar-refractivity contribution < 1.29 is 9.18 Å². The van der Waals surface area contributed by atoms with E-state index in [2.05, 4.69) is 15.0 Å². The van der Waals surface area contributed by atoms with Crippen LogP contribution < -0.4 is 11.2 Å². The van der Waals surface area contributed by atoms with Gasteiger partial charge in [0.2, 0.25) is 5.91 Å². The van der Waals surface area contributed by atoms with Gasteiger partial charge in [0.05, 0.1) is 5.56 Å². The minimum Gasteiger partial charge on any atom is -0.340 e. The van der Waals surface area contributed by atoms with Gasteiger partial charge in [-0.25, -0.2) is 14.2 Å². The number of aromatic amines is 1. The van der Waals surface area contributed by atoms with E-state index in [1.54, 1.807) is 34.8 Å². The van der Waals surface area contributed by atoms with Gasteiger partial charge in [-0.3, -0.25) is 9.59 Å². The standard InChI is InChI=1S/C31H25ClFN5O3S/c1-37(16-20-2-6-22(7-3-20)23-8-10-25(32)11-9-23)28(39)18-38-17-27(24-14-34-30(41)35-15-24)29(40)36-31(38)42-19-21-4-12-26(33)13-5-21/h2-15,17H,16,18-19H2,1H3,(H,34,35,41). The summed E-state index contributed by atoms with van der Waals surface area (Å²) in [6, 6.07) is 21.6. The van der Waals surface area contributed by atoms with Crippen LogP contribution >= 0.6 is 23.4 Å². The van der Waals surface area contributed by atoms with E-state index < -0.39 is 11.2 Å².